The van der Waals surface area contributed by atoms with E-state index < -0.39 is 0 Å². The van der Waals surface area contributed by atoms with Crippen molar-refractivity contribution in [2.24, 2.45) is 0 Å². The van der Waals surface area contributed by atoms with Crippen molar-refractivity contribution in [1.82, 2.24) is 14.7 Å². The van der Waals surface area contributed by atoms with Crippen LogP contribution in [0.3, 0.4) is 0 Å². The van der Waals surface area contributed by atoms with Crippen LogP contribution in [0.1, 0.15) is 22.6 Å². The average molecular weight is 269 g/mol. The number of amides is 1. The number of aryl methyl sites for hydroxylation is 1. The summed E-state index contributed by atoms with van der Waals surface area (Å²) in [6, 6.07) is 10.9. The predicted molar refractivity (Wildman–Crippen MR) is 75.1 cm³/mol. The SMILES string of the molecule is Cc1cc(=O)c(C(=O)N2CCC2)nn1-c1ccccc1. The van der Waals surface area contributed by atoms with Gasteiger partial charge in [0.25, 0.3) is 5.91 Å². The van der Waals surface area contributed by atoms with E-state index in [0.29, 0.717) is 18.8 Å². The summed E-state index contributed by atoms with van der Waals surface area (Å²) < 4.78 is 1.63. The molecule has 5 nitrogen and oxygen atoms in total. The molecule has 1 aromatic heterocycles. The molecule has 0 atom stereocenters. The molecule has 0 unspecified atom stereocenters. The van der Waals surface area contributed by atoms with Gasteiger partial charge in [0.05, 0.1) is 5.69 Å². The van der Waals surface area contributed by atoms with Gasteiger partial charge in [0.15, 0.2) is 5.69 Å². The third kappa shape index (κ3) is 2.11. The highest BCUT2D eigenvalue weighted by Gasteiger charge is 2.25. The maximum atomic E-state index is 12.2. The Morgan fingerprint density at radius 1 is 1.20 bits per heavy atom. The molecule has 1 amide bonds. The highest BCUT2D eigenvalue weighted by atomic mass is 16.2. The van der Waals surface area contributed by atoms with Crippen LogP contribution in [0.25, 0.3) is 5.69 Å². The first-order valence-electron chi connectivity index (χ1n) is 6.62. The maximum absolute atomic E-state index is 12.2. The molecule has 0 aliphatic carbocycles. The van der Waals surface area contributed by atoms with Gasteiger partial charge < -0.3 is 4.90 Å². The van der Waals surface area contributed by atoms with E-state index in [-0.39, 0.29) is 17.0 Å². The first-order chi connectivity index (χ1) is 9.66. The van der Waals surface area contributed by atoms with Crippen molar-refractivity contribution in [1.29, 1.82) is 0 Å². The lowest BCUT2D eigenvalue weighted by Gasteiger charge is -2.30. The van der Waals surface area contributed by atoms with Crippen molar-refractivity contribution in [3.8, 4) is 5.69 Å². The highest BCUT2D eigenvalue weighted by Crippen LogP contribution is 2.11. The van der Waals surface area contributed by atoms with Crippen molar-refractivity contribution in [3.63, 3.8) is 0 Å². The summed E-state index contributed by atoms with van der Waals surface area (Å²) in [5.74, 6) is -0.272. The Morgan fingerprint density at radius 2 is 1.90 bits per heavy atom. The highest BCUT2D eigenvalue weighted by molar-refractivity contribution is 5.92. The molecule has 2 heterocycles. The van der Waals surface area contributed by atoms with Gasteiger partial charge in [-0.1, -0.05) is 18.2 Å². The van der Waals surface area contributed by atoms with Crippen LogP contribution in [0.2, 0.25) is 0 Å². The maximum Gasteiger partial charge on any atom is 0.278 e. The molecule has 1 aliphatic rings. The van der Waals surface area contributed by atoms with Gasteiger partial charge in [-0.15, -0.1) is 0 Å². The fraction of sp³-hybridized carbons (Fsp3) is 0.267. The van der Waals surface area contributed by atoms with E-state index in [1.165, 1.54) is 6.07 Å². The van der Waals surface area contributed by atoms with Crippen molar-refractivity contribution in [2.75, 3.05) is 13.1 Å². The van der Waals surface area contributed by atoms with Crippen molar-refractivity contribution >= 4 is 5.91 Å². The number of benzene rings is 1. The molecule has 1 aromatic carbocycles. The summed E-state index contributed by atoms with van der Waals surface area (Å²) in [5.41, 5.74) is 1.23. The minimum atomic E-state index is -0.313. The molecule has 0 bridgehead atoms. The van der Waals surface area contributed by atoms with Gasteiger partial charge in [0.2, 0.25) is 5.43 Å². The minimum Gasteiger partial charge on any atom is -0.337 e. The Morgan fingerprint density at radius 3 is 2.50 bits per heavy atom. The summed E-state index contributed by atoms with van der Waals surface area (Å²) in [5, 5.41) is 4.26. The molecule has 3 rings (SSSR count). The Kier molecular flexibility index (Phi) is 3.10. The molecule has 102 valence electrons. The molecule has 2 aromatic rings. The van der Waals surface area contributed by atoms with Crippen LogP contribution in [0, 0.1) is 6.92 Å². The molecule has 1 fully saturated rings. The molecule has 0 radical (unpaired) electrons. The topological polar surface area (TPSA) is 55.2 Å². The average Bonchev–Trinajstić information content (AvgIpc) is 2.37. The normalized spacial score (nSPS) is 13.9. The van der Waals surface area contributed by atoms with Crippen molar-refractivity contribution in [2.45, 2.75) is 13.3 Å². The fourth-order valence-corrected chi connectivity index (χ4v) is 2.20. The van der Waals surface area contributed by atoms with E-state index in [1.54, 1.807) is 16.5 Å². The van der Waals surface area contributed by atoms with E-state index in [0.717, 1.165) is 12.1 Å². The van der Waals surface area contributed by atoms with Crippen LogP contribution in [-0.4, -0.2) is 33.7 Å². The summed E-state index contributed by atoms with van der Waals surface area (Å²) in [7, 11) is 0. The van der Waals surface area contributed by atoms with Crippen LogP contribution in [0.5, 0.6) is 0 Å². The van der Waals surface area contributed by atoms with Gasteiger partial charge >= 0.3 is 0 Å². The fourth-order valence-electron chi connectivity index (χ4n) is 2.20. The van der Waals surface area contributed by atoms with Gasteiger partial charge in [0.1, 0.15) is 0 Å². The third-order valence-electron chi connectivity index (χ3n) is 3.45. The van der Waals surface area contributed by atoms with Gasteiger partial charge in [-0.3, -0.25) is 9.59 Å². The van der Waals surface area contributed by atoms with Gasteiger partial charge in [-0.2, -0.15) is 5.10 Å². The number of aromatic nitrogens is 2. The summed E-state index contributed by atoms with van der Waals surface area (Å²) in [6.07, 6.45) is 0.991. The first-order valence-corrected chi connectivity index (χ1v) is 6.62. The van der Waals surface area contributed by atoms with Gasteiger partial charge in [-0.25, -0.2) is 4.68 Å². The third-order valence-corrected chi connectivity index (χ3v) is 3.45. The predicted octanol–water partition coefficient (Wildman–Crippen LogP) is 1.39. The van der Waals surface area contributed by atoms with Gasteiger partial charge in [-0.05, 0) is 25.5 Å². The number of hydrogen-bond acceptors (Lipinski definition) is 3. The summed E-state index contributed by atoms with van der Waals surface area (Å²) in [4.78, 5) is 25.8. The number of likely N-dealkylation sites (tertiary alicyclic amines) is 1. The standard InChI is InChI=1S/C15H15N3O2/c1-11-10-13(19)14(15(20)17-8-5-9-17)16-18(11)12-6-3-2-4-7-12/h2-4,6-7,10H,5,8-9H2,1H3. The van der Waals surface area contributed by atoms with E-state index >= 15 is 0 Å². The number of carbonyl (C=O) groups excluding carboxylic acids is 1. The Balaban J connectivity index is 2.08. The smallest absolute Gasteiger partial charge is 0.278 e. The van der Waals surface area contributed by atoms with Crippen LogP contribution in [0.15, 0.2) is 41.2 Å². The number of para-hydroxylation sites is 1. The minimum absolute atomic E-state index is 0.000784. The largest absolute Gasteiger partial charge is 0.337 e. The molecule has 1 saturated heterocycles. The number of carbonyl (C=O) groups is 1. The molecule has 0 spiro atoms. The van der Waals surface area contributed by atoms with Crippen LogP contribution < -0.4 is 5.43 Å². The zero-order valence-electron chi connectivity index (χ0n) is 11.2. The molecule has 0 N–H and O–H groups in total. The Bertz CT molecular complexity index is 703. The van der Waals surface area contributed by atoms with Crippen LogP contribution >= 0.6 is 0 Å². The second-order valence-electron chi connectivity index (χ2n) is 4.89. The molecule has 5 heteroatoms. The van der Waals surface area contributed by atoms with Crippen LogP contribution in [0.4, 0.5) is 0 Å². The van der Waals surface area contributed by atoms with E-state index in [4.69, 9.17) is 0 Å². The van der Waals surface area contributed by atoms with Crippen molar-refractivity contribution in [3.05, 3.63) is 58.0 Å². The second kappa shape index (κ2) is 4.92. The monoisotopic (exact) mass is 269 g/mol. The number of rotatable bonds is 2. The van der Waals surface area contributed by atoms with E-state index in [9.17, 15) is 9.59 Å². The lowest BCUT2D eigenvalue weighted by Crippen LogP contribution is -2.44. The zero-order valence-corrected chi connectivity index (χ0v) is 11.2. The quantitative estimate of drug-likeness (QED) is 0.827. The van der Waals surface area contributed by atoms with Gasteiger partial charge in [0, 0.05) is 24.8 Å². The summed E-state index contributed by atoms with van der Waals surface area (Å²) in [6.45, 7) is 3.22. The lowest BCUT2D eigenvalue weighted by atomic mass is 10.2. The molecular weight excluding hydrogens is 254 g/mol. The molecule has 20 heavy (non-hydrogen) atoms. The van der Waals surface area contributed by atoms with E-state index in [2.05, 4.69) is 5.10 Å². The molecule has 1 aliphatic heterocycles. The second-order valence-corrected chi connectivity index (χ2v) is 4.89. The Hall–Kier alpha value is -2.43. The first kappa shape index (κ1) is 12.6. The Labute approximate surface area is 116 Å². The summed E-state index contributed by atoms with van der Waals surface area (Å²) >= 11 is 0. The van der Waals surface area contributed by atoms with E-state index in [1.807, 2.05) is 30.3 Å². The molecular formula is C15H15N3O2. The number of nitrogens with zero attached hydrogens (tertiary/aromatic N) is 3. The van der Waals surface area contributed by atoms with Crippen molar-refractivity contribution < 1.29 is 4.79 Å². The number of hydrogen-bond donors (Lipinski definition) is 0. The molecule has 0 saturated carbocycles. The lowest BCUT2D eigenvalue weighted by molar-refractivity contribution is 0.0642. The van der Waals surface area contributed by atoms with Crippen LogP contribution in [-0.2, 0) is 0 Å². The zero-order chi connectivity index (χ0) is 14.1.